The fourth-order valence-corrected chi connectivity index (χ4v) is 2.50. The van der Waals surface area contributed by atoms with Crippen molar-refractivity contribution in [1.82, 2.24) is 10.2 Å². The Hall–Kier alpha value is -2.49. The van der Waals surface area contributed by atoms with Crippen LogP contribution >= 0.6 is 0 Å². The van der Waals surface area contributed by atoms with Crippen molar-refractivity contribution in [3.63, 3.8) is 0 Å². The molecule has 0 saturated heterocycles. The van der Waals surface area contributed by atoms with Gasteiger partial charge in [0.2, 0.25) is 0 Å². The summed E-state index contributed by atoms with van der Waals surface area (Å²) in [6.45, 7) is 1.30. The molecular weight excluding hydrogens is 274 g/mol. The Bertz CT molecular complexity index is 652. The van der Waals surface area contributed by atoms with Gasteiger partial charge in [0.25, 0.3) is 0 Å². The van der Waals surface area contributed by atoms with E-state index < -0.39 is 0 Å². The van der Waals surface area contributed by atoms with Gasteiger partial charge in [0.1, 0.15) is 12.4 Å². The summed E-state index contributed by atoms with van der Waals surface area (Å²) in [5, 5.41) is 3.49. The molecule has 1 heterocycles. The summed E-state index contributed by atoms with van der Waals surface area (Å²) >= 11 is 0. The predicted octanol–water partition coefficient (Wildman–Crippen LogP) is 2.83. The quantitative estimate of drug-likeness (QED) is 0.699. The highest BCUT2D eigenvalue weighted by molar-refractivity contribution is 5.80. The van der Waals surface area contributed by atoms with Gasteiger partial charge in [-0.25, -0.2) is 4.99 Å². The molecule has 0 aliphatic carbocycles. The van der Waals surface area contributed by atoms with E-state index in [1.165, 1.54) is 11.1 Å². The van der Waals surface area contributed by atoms with E-state index >= 15 is 0 Å². The summed E-state index contributed by atoms with van der Waals surface area (Å²) in [4.78, 5) is 6.71. The van der Waals surface area contributed by atoms with Crippen LogP contribution in [0.1, 0.15) is 17.2 Å². The normalized spacial score (nSPS) is 16.8. The molecule has 4 heteroatoms. The van der Waals surface area contributed by atoms with Gasteiger partial charge >= 0.3 is 0 Å². The molecule has 3 rings (SSSR count). The number of hydrogen-bond acceptors (Lipinski definition) is 2. The van der Waals surface area contributed by atoms with E-state index in [9.17, 15) is 0 Å². The van der Waals surface area contributed by atoms with Crippen molar-refractivity contribution in [2.75, 3.05) is 20.7 Å². The van der Waals surface area contributed by atoms with Crippen LogP contribution in [0.15, 0.2) is 59.6 Å². The van der Waals surface area contributed by atoms with Crippen LogP contribution in [0.5, 0.6) is 5.75 Å². The number of guanidine groups is 1. The summed E-state index contributed by atoms with van der Waals surface area (Å²) in [7, 11) is 4.00. The first-order valence-electron chi connectivity index (χ1n) is 7.48. The van der Waals surface area contributed by atoms with Crippen molar-refractivity contribution in [1.29, 1.82) is 0 Å². The van der Waals surface area contributed by atoms with Gasteiger partial charge < -0.3 is 15.0 Å². The molecule has 0 saturated carbocycles. The van der Waals surface area contributed by atoms with Gasteiger partial charge in [-0.3, -0.25) is 0 Å². The average molecular weight is 295 g/mol. The van der Waals surface area contributed by atoms with Crippen LogP contribution in [0.25, 0.3) is 0 Å². The second-order valence-electron chi connectivity index (χ2n) is 5.57. The number of nitrogens with one attached hydrogen (secondary N) is 1. The fraction of sp³-hybridized carbons (Fsp3) is 0.278. The Morgan fingerprint density at radius 1 is 1.14 bits per heavy atom. The first-order chi connectivity index (χ1) is 10.7. The number of para-hydroxylation sites is 1. The van der Waals surface area contributed by atoms with E-state index in [1.54, 1.807) is 0 Å². The van der Waals surface area contributed by atoms with Crippen LogP contribution < -0.4 is 10.1 Å². The first kappa shape index (κ1) is 14.4. The minimum absolute atomic E-state index is 0.146. The van der Waals surface area contributed by atoms with Crippen LogP contribution in [0.4, 0.5) is 0 Å². The molecule has 1 atom stereocenters. The molecular formula is C18H21N3O. The minimum Gasteiger partial charge on any atom is -0.491 e. The third kappa shape index (κ3) is 3.22. The van der Waals surface area contributed by atoms with Gasteiger partial charge in [-0.15, -0.1) is 0 Å². The molecule has 0 aromatic heterocycles. The number of fused-ring (bicyclic) bond motifs is 1. The molecule has 1 aliphatic rings. The summed E-state index contributed by atoms with van der Waals surface area (Å²) < 4.78 is 5.72. The van der Waals surface area contributed by atoms with Gasteiger partial charge in [-0.05, 0) is 11.6 Å². The SMILES string of the molecule is CN(C)C(=NCc1ccccc1)NC1COc2ccccc21. The average Bonchev–Trinajstić information content (AvgIpc) is 2.95. The predicted molar refractivity (Wildman–Crippen MR) is 89.1 cm³/mol. The van der Waals surface area contributed by atoms with E-state index in [0.29, 0.717) is 13.2 Å². The molecule has 1 N–H and O–H groups in total. The monoisotopic (exact) mass is 295 g/mol. The van der Waals surface area contributed by atoms with Gasteiger partial charge in [-0.1, -0.05) is 48.5 Å². The van der Waals surface area contributed by atoms with E-state index in [4.69, 9.17) is 9.73 Å². The maximum atomic E-state index is 5.72. The Kier molecular flexibility index (Phi) is 4.28. The van der Waals surface area contributed by atoms with Crippen LogP contribution in [0.2, 0.25) is 0 Å². The van der Waals surface area contributed by atoms with Crippen molar-refractivity contribution in [2.24, 2.45) is 4.99 Å². The highest BCUT2D eigenvalue weighted by Crippen LogP contribution is 2.31. The summed E-state index contributed by atoms with van der Waals surface area (Å²) in [6, 6.07) is 18.6. The number of aliphatic imine (C=N–C) groups is 1. The number of rotatable bonds is 3. The van der Waals surface area contributed by atoms with Crippen LogP contribution in [-0.2, 0) is 6.54 Å². The molecule has 4 nitrogen and oxygen atoms in total. The molecule has 0 fully saturated rings. The molecule has 114 valence electrons. The van der Waals surface area contributed by atoms with Crippen molar-refractivity contribution in [3.05, 3.63) is 65.7 Å². The molecule has 0 amide bonds. The highest BCUT2D eigenvalue weighted by atomic mass is 16.5. The number of ether oxygens (including phenoxy) is 1. The number of nitrogens with zero attached hydrogens (tertiary/aromatic N) is 2. The summed E-state index contributed by atoms with van der Waals surface area (Å²) in [5.41, 5.74) is 2.39. The van der Waals surface area contributed by atoms with Crippen molar-refractivity contribution >= 4 is 5.96 Å². The second-order valence-corrected chi connectivity index (χ2v) is 5.57. The van der Waals surface area contributed by atoms with Crippen LogP contribution in [0.3, 0.4) is 0 Å². The molecule has 2 aromatic carbocycles. The first-order valence-corrected chi connectivity index (χ1v) is 7.48. The summed E-state index contributed by atoms with van der Waals surface area (Å²) in [6.07, 6.45) is 0. The van der Waals surface area contributed by atoms with Crippen LogP contribution in [-0.4, -0.2) is 31.6 Å². The topological polar surface area (TPSA) is 36.9 Å². The lowest BCUT2D eigenvalue weighted by Gasteiger charge is -2.21. The van der Waals surface area contributed by atoms with E-state index in [0.717, 1.165) is 11.7 Å². The smallest absolute Gasteiger partial charge is 0.194 e. The highest BCUT2D eigenvalue weighted by Gasteiger charge is 2.24. The van der Waals surface area contributed by atoms with E-state index in [2.05, 4.69) is 23.5 Å². The van der Waals surface area contributed by atoms with Gasteiger partial charge in [0.05, 0.1) is 12.6 Å². The Balaban J connectivity index is 1.73. The Morgan fingerprint density at radius 3 is 2.64 bits per heavy atom. The number of hydrogen-bond donors (Lipinski definition) is 1. The van der Waals surface area contributed by atoms with Crippen LogP contribution in [0, 0.1) is 0 Å². The van der Waals surface area contributed by atoms with Gasteiger partial charge in [0, 0.05) is 19.7 Å². The molecule has 1 aliphatic heterocycles. The van der Waals surface area contributed by atoms with E-state index in [1.807, 2.05) is 55.4 Å². The van der Waals surface area contributed by atoms with E-state index in [-0.39, 0.29) is 6.04 Å². The van der Waals surface area contributed by atoms with Crippen molar-refractivity contribution in [2.45, 2.75) is 12.6 Å². The lowest BCUT2D eigenvalue weighted by Crippen LogP contribution is -2.39. The summed E-state index contributed by atoms with van der Waals surface area (Å²) in [5.74, 6) is 1.83. The maximum absolute atomic E-state index is 5.72. The largest absolute Gasteiger partial charge is 0.491 e. The zero-order valence-corrected chi connectivity index (χ0v) is 13.0. The van der Waals surface area contributed by atoms with Crippen molar-refractivity contribution in [3.8, 4) is 5.75 Å². The third-order valence-electron chi connectivity index (χ3n) is 3.68. The zero-order chi connectivity index (χ0) is 15.4. The van der Waals surface area contributed by atoms with Gasteiger partial charge in [-0.2, -0.15) is 0 Å². The fourth-order valence-electron chi connectivity index (χ4n) is 2.50. The Morgan fingerprint density at radius 2 is 1.86 bits per heavy atom. The molecule has 22 heavy (non-hydrogen) atoms. The second kappa shape index (κ2) is 6.52. The van der Waals surface area contributed by atoms with Gasteiger partial charge in [0.15, 0.2) is 5.96 Å². The lowest BCUT2D eigenvalue weighted by atomic mass is 10.1. The molecule has 0 spiro atoms. The maximum Gasteiger partial charge on any atom is 0.194 e. The zero-order valence-electron chi connectivity index (χ0n) is 13.0. The Labute approximate surface area is 131 Å². The lowest BCUT2D eigenvalue weighted by molar-refractivity contribution is 0.321. The minimum atomic E-state index is 0.146. The third-order valence-corrected chi connectivity index (χ3v) is 3.68. The molecule has 0 bridgehead atoms. The molecule has 0 radical (unpaired) electrons. The standard InChI is InChI=1S/C18H21N3O/c1-21(2)18(19-12-14-8-4-3-5-9-14)20-16-13-22-17-11-7-6-10-15(16)17/h3-11,16H,12-13H2,1-2H3,(H,19,20). The molecule has 2 aromatic rings. The molecule has 1 unspecified atom stereocenters. The number of benzene rings is 2. The van der Waals surface area contributed by atoms with Crippen molar-refractivity contribution < 1.29 is 4.74 Å².